The van der Waals surface area contributed by atoms with Crippen molar-refractivity contribution in [3.63, 3.8) is 0 Å². The molecule has 0 bridgehead atoms. The molecule has 17 heavy (non-hydrogen) atoms. The number of aromatic nitrogens is 1. The highest BCUT2D eigenvalue weighted by Crippen LogP contribution is 2.29. The molecule has 1 aromatic heterocycles. The van der Waals surface area contributed by atoms with Crippen molar-refractivity contribution < 1.29 is 4.74 Å². The molecule has 1 aliphatic heterocycles. The van der Waals surface area contributed by atoms with Gasteiger partial charge in [-0.05, 0) is 39.2 Å². The van der Waals surface area contributed by atoms with Crippen molar-refractivity contribution in [1.29, 1.82) is 0 Å². The van der Waals surface area contributed by atoms with Gasteiger partial charge in [0.1, 0.15) is 0 Å². The molecule has 1 aliphatic rings. The molecule has 2 heterocycles. The standard InChI is InChI=1S/C13H20N2O2/c1-9-6-12(16)15(8-11(9)14)7-10-4-5-13(2,3)17-10/h6,8,10H,4-5,7,14H2,1-3H3. The summed E-state index contributed by atoms with van der Waals surface area (Å²) in [7, 11) is 0. The molecule has 0 amide bonds. The smallest absolute Gasteiger partial charge is 0.251 e. The number of nitrogens with zero attached hydrogens (tertiary/aromatic N) is 1. The van der Waals surface area contributed by atoms with E-state index in [2.05, 4.69) is 13.8 Å². The van der Waals surface area contributed by atoms with E-state index in [1.165, 1.54) is 0 Å². The Bertz CT molecular complexity index is 477. The second-order valence-corrected chi connectivity index (χ2v) is 5.44. The molecule has 0 spiro atoms. The van der Waals surface area contributed by atoms with Crippen molar-refractivity contribution in [2.45, 2.75) is 51.9 Å². The first-order valence-electron chi connectivity index (χ1n) is 6.02. The molecule has 4 heteroatoms. The minimum absolute atomic E-state index is 0.00925. The number of ether oxygens (including phenoxy) is 1. The first-order valence-corrected chi connectivity index (χ1v) is 6.02. The van der Waals surface area contributed by atoms with Gasteiger partial charge in [-0.1, -0.05) is 0 Å². The minimum Gasteiger partial charge on any atom is -0.397 e. The van der Waals surface area contributed by atoms with Gasteiger partial charge in [0.2, 0.25) is 0 Å². The molecule has 0 aromatic carbocycles. The van der Waals surface area contributed by atoms with E-state index in [-0.39, 0.29) is 17.3 Å². The Kier molecular flexibility index (Phi) is 3.00. The van der Waals surface area contributed by atoms with Crippen molar-refractivity contribution in [3.05, 3.63) is 28.2 Å². The normalized spacial score (nSPS) is 22.9. The van der Waals surface area contributed by atoms with E-state index in [1.54, 1.807) is 16.8 Å². The number of hydrogen-bond donors (Lipinski definition) is 1. The Morgan fingerprint density at radius 1 is 1.59 bits per heavy atom. The summed E-state index contributed by atoms with van der Waals surface area (Å²) in [5, 5.41) is 0. The lowest BCUT2D eigenvalue weighted by Gasteiger charge is -2.20. The highest BCUT2D eigenvalue weighted by Gasteiger charge is 2.31. The summed E-state index contributed by atoms with van der Waals surface area (Å²) in [6, 6.07) is 1.58. The Balaban J connectivity index is 2.15. The summed E-state index contributed by atoms with van der Waals surface area (Å²) < 4.78 is 7.52. The second-order valence-electron chi connectivity index (χ2n) is 5.44. The maximum atomic E-state index is 11.8. The largest absolute Gasteiger partial charge is 0.397 e. The average molecular weight is 236 g/mol. The first kappa shape index (κ1) is 12.2. The van der Waals surface area contributed by atoms with Gasteiger partial charge in [0, 0.05) is 12.3 Å². The van der Waals surface area contributed by atoms with Crippen molar-refractivity contribution >= 4 is 5.69 Å². The van der Waals surface area contributed by atoms with E-state index in [0.29, 0.717) is 12.2 Å². The summed E-state index contributed by atoms with van der Waals surface area (Å²) >= 11 is 0. The predicted octanol–water partition coefficient (Wildman–Crippen LogP) is 1.70. The number of rotatable bonds is 2. The third-order valence-corrected chi connectivity index (χ3v) is 3.33. The monoisotopic (exact) mass is 236 g/mol. The zero-order chi connectivity index (χ0) is 12.6. The number of pyridine rings is 1. The maximum absolute atomic E-state index is 11.8. The van der Waals surface area contributed by atoms with Crippen LogP contribution < -0.4 is 11.3 Å². The van der Waals surface area contributed by atoms with Crippen molar-refractivity contribution in [2.75, 3.05) is 5.73 Å². The molecule has 4 nitrogen and oxygen atoms in total. The van der Waals surface area contributed by atoms with Crippen LogP contribution >= 0.6 is 0 Å². The Labute approximate surface area is 101 Å². The lowest BCUT2D eigenvalue weighted by atomic mass is 10.1. The van der Waals surface area contributed by atoms with Gasteiger partial charge in [0.25, 0.3) is 5.56 Å². The fraction of sp³-hybridized carbons (Fsp3) is 0.615. The molecule has 1 fully saturated rings. The van der Waals surface area contributed by atoms with E-state index in [0.717, 1.165) is 18.4 Å². The molecule has 0 radical (unpaired) electrons. The van der Waals surface area contributed by atoms with Crippen LogP contribution in [0.15, 0.2) is 17.1 Å². The molecular formula is C13H20N2O2. The first-order chi connectivity index (χ1) is 7.87. The maximum Gasteiger partial charge on any atom is 0.251 e. The van der Waals surface area contributed by atoms with Crippen LogP contribution in [0.4, 0.5) is 5.69 Å². The van der Waals surface area contributed by atoms with Crippen LogP contribution in [0.1, 0.15) is 32.3 Å². The fourth-order valence-electron chi connectivity index (χ4n) is 2.25. The number of aryl methyl sites for hydroxylation is 1. The summed E-state index contributed by atoms with van der Waals surface area (Å²) in [4.78, 5) is 11.8. The van der Waals surface area contributed by atoms with Gasteiger partial charge >= 0.3 is 0 Å². The van der Waals surface area contributed by atoms with Crippen LogP contribution in [0.5, 0.6) is 0 Å². The van der Waals surface area contributed by atoms with E-state index in [4.69, 9.17) is 10.5 Å². The molecule has 1 aromatic rings. The van der Waals surface area contributed by atoms with Gasteiger partial charge in [-0.15, -0.1) is 0 Å². The van der Waals surface area contributed by atoms with Crippen LogP contribution in [0, 0.1) is 6.92 Å². The van der Waals surface area contributed by atoms with Crippen molar-refractivity contribution in [2.24, 2.45) is 0 Å². The van der Waals surface area contributed by atoms with Gasteiger partial charge in [0.15, 0.2) is 0 Å². The number of hydrogen-bond acceptors (Lipinski definition) is 3. The molecule has 2 N–H and O–H groups in total. The van der Waals surface area contributed by atoms with Gasteiger partial charge in [-0.2, -0.15) is 0 Å². The van der Waals surface area contributed by atoms with E-state index in [1.807, 2.05) is 6.92 Å². The van der Waals surface area contributed by atoms with Crippen LogP contribution in [-0.4, -0.2) is 16.3 Å². The topological polar surface area (TPSA) is 57.2 Å². The fourth-order valence-corrected chi connectivity index (χ4v) is 2.25. The van der Waals surface area contributed by atoms with Crippen LogP contribution in [-0.2, 0) is 11.3 Å². The van der Waals surface area contributed by atoms with Gasteiger partial charge in [-0.3, -0.25) is 4.79 Å². The number of nitrogen functional groups attached to an aromatic ring is 1. The Morgan fingerprint density at radius 3 is 2.88 bits per heavy atom. The molecule has 0 aliphatic carbocycles. The third kappa shape index (κ3) is 2.69. The highest BCUT2D eigenvalue weighted by molar-refractivity contribution is 5.42. The summed E-state index contributed by atoms with van der Waals surface area (Å²) in [5.74, 6) is 0. The Hall–Kier alpha value is -1.29. The van der Waals surface area contributed by atoms with E-state index in [9.17, 15) is 4.79 Å². The molecule has 2 rings (SSSR count). The lowest BCUT2D eigenvalue weighted by molar-refractivity contribution is -0.0220. The van der Waals surface area contributed by atoms with E-state index < -0.39 is 0 Å². The zero-order valence-corrected chi connectivity index (χ0v) is 10.7. The lowest BCUT2D eigenvalue weighted by Crippen LogP contribution is -2.28. The van der Waals surface area contributed by atoms with Crippen LogP contribution in [0.2, 0.25) is 0 Å². The number of nitrogens with two attached hydrogens (primary N) is 1. The molecule has 1 atom stereocenters. The molecular weight excluding hydrogens is 216 g/mol. The van der Waals surface area contributed by atoms with Crippen molar-refractivity contribution in [3.8, 4) is 0 Å². The average Bonchev–Trinajstić information content (AvgIpc) is 2.54. The predicted molar refractivity (Wildman–Crippen MR) is 68.0 cm³/mol. The van der Waals surface area contributed by atoms with Gasteiger partial charge in [0.05, 0.1) is 23.9 Å². The quantitative estimate of drug-likeness (QED) is 0.850. The molecule has 1 saturated heterocycles. The molecule has 1 unspecified atom stereocenters. The van der Waals surface area contributed by atoms with Gasteiger partial charge < -0.3 is 15.0 Å². The molecule has 94 valence electrons. The highest BCUT2D eigenvalue weighted by atomic mass is 16.5. The second kappa shape index (κ2) is 4.18. The SMILES string of the molecule is Cc1cc(=O)n(CC2CCC(C)(C)O2)cc1N. The van der Waals surface area contributed by atoms with E-state index >= 15 is 0 Å². The summed E-state index contributed by atoms with van der Waals surface area (Å²) in [5.41, 5.74) is 7.23. The summed E-state index contributed by atoms with van der Waals surface area (Å²) in [6.07, 6.45) is 3.86. The summed E-state index contributed by atoms with van der Waals surface area (Å²) in [6.45, 7) is 6.60. The van der Waals surface area contributed by atoms with Crippen LogP contribution in [0.25, 0.3) is 0 Å². The van der Waals surface area contributed by atoms with Gasteiger partial charge in [-0.25, -0.2) is 0 Å². The zero-order valence-electron chi connectivity index (χ0n) is 10.7. The Morgan fingerprint density at radius 2 is 2.29 bits per heavy atom. The molecule has 0 saturated carbocycles. The third-order valence-electron chi connectivity index (χ3n) is 3.33. The van der Waals surface area contributed by atoms with Crippen LogP contribution in [0.3, 0.4) is 0 Å². The van der Waals surface area contributed by atoms with Crippen molar-refractivity contribution in [1.82, 2.24) is 4.57 Å². The number of anilines is 1. The minimum atomic E-state index is -0.0650.